The highest BCUT2D eigenvalue weighted by molar-refractivity contribution is 6.46. The Hall–Kier alpha value is -4.53. The first-order chi connectivity index (χ1) is 16.3. The number of nitrogens with zero attached hydrogens (tertiary/aromatic N) is 3. The molecule has 1 aliphatic rings. The molecule has 3 aromatic rings. The SMILES string of the molecule is COc1ccc(/C(O)=C2\C(=O)C(=O)N(Cc3cccnc3)[C@@H]2c2ccc([N+](=O)[O-])cc2)cc1C. The standard InChI is InChI=1S/C25H21N3O6/c1-15-12-18(7-10-20(15)34-2)23(29)21-22(17-5-8-19(9-6-17)28(32)33)27(25(31)24(21)30)14-16-4-3-11-26-13-16/h3-13,22,29H,14H2,1-2H3/b23-21+/t22-/m1/s1. The van der Waals surface area contributed by atoms with Crippen molar-refractivity contribution in [2.75, 3.05) is 7.11 Å². The monoisotopic (exact) mass is 459 g/mol. The highest BCUT2D eigenvalue weighted by Gasteiger charge is 2.46. The topological polar surface area (TPSA) is 123 Å². The number of pyridine rings is 1. The number of aromatic nitrogens is 1. The number of hydrogen-bond donors (Lipinski definition) is 1. The molecule has 0 aliphatic carbocycles. The average molecular weight is 459 g/mol. The molecule has 2 heterocycles. The molecule has 2 aromatic carbocycles. The maximum absolute atomic E-state index is 13.1. The minimum Gasteiger partial charge on any atom is -0.507 e. The number of non-ortho nitro benzene ring substituents is 1. The van der Waals surface area contributed by atoms with Gasteiger partial charge in [-0.1, -0.05) is 6.07 Å². The largest absolute Gasteiger partial charge is 0.507 e. The van der Waals surface area contributed by atoms with E-state index in [1.165, 1.54) is 36.3 Å². The van der Waals surface area contributed by atoms with E-state index in [1.54, 1.807) is 49.6 Å². The van der Waals surface area contributed by atoms with Crippen LogP contribution in [0.5, 0.6) is 5.75 Å². The van der Waals surface area contributed by atoms with Crippen molar-refractivity contribution in [3.8, 4) is 5.75 Å². The third kappa shape index (κ3) is 4.11. The average Bonchev–Trinajstić information content (AvgIpc) is 3.09. The summed E-state index contributed by atoms with van der Waals surface area (Å²) in [7, 11) is 1.53. The van der Waals surface area contributed by atoms with Crippen LogP contribution in [0.15, 0.2) is 72.6 Å². The molecule has 9 heteroatoms. The van der Waals surface area contributed by atoms with Crippen LogP contribution >= 0.6 is 0 Å². The highest BCUT2D eigenvalue weighted by atomic mass is 16.6. The lowest BCUT2D eigenvalue weighted by atomic mass is 9.94. The Labute approximate surface area is 195 Å². The number of aliphatic hydroxyl groups is 1. The van der Waals surface area contributed by atoms with E-state index in [-0.39, 0.29) is 23.6 Å². The summed E-state index contributed by atoms with van der Waals surface area (Å²) in [6.07, 6.45) is 3.18. The van der Waals surface area contributed by atoms with Crippen LogP contribution in [-0.2, 0) is 16.1 Å². The van der Waals surface area contributed by atoms with Gasteiger partial charge in [0.2, 0.25) is 0 Å². The number of ether oxygens (including phenoxy) is 1. The lowest BCUT2D eigenvalue weighted by Crippen LogP contribution is -2.29. The Kier molecular flexibility index (Phi) is 6.09. The molecule has 1 aromatic heterocycles. The molecular weight excluding hydrogens is 438 g/mol. The molecular formula is C25H21N3O6. The van der Waals surface area contributed by atoms with Gasteiger partial charge in [0.1, 0.15) is 11.5 Å². The second kappa shape index (κ2) is 9.14. The molecule has 172 valence electrons. The Morgan fingerprint density at radius 1 is 1.18 bits per heavy atom. The molecule has 1 saturated heterocycles. The molecule has 1 atom stereocenters. The number of methoxy groups -OCH3 is 1. The lowest BCUT2D eigenvalue weighted by Gasteiger charge is -2.25. The maximum Gasteiger partial charge on any atom is 0.295 e. The van der Waals surface area contributed by atoms with Gasteiger partial charge in [-0.25, -0.2) is 0 Å². The fourth-order valence-corrected chi connectivity index (χ4v) is 4.04. The summed E-state index contributed by atoms with van der Waals surface area (Å²) in [5.41, 5.74) is 2.02. The molecule has 0 unspecified atom stereocenters. The van der Waals surface area contributed by atoms with Gasteiger partial charge in [0.25, 0.3) is 17.4 Å². The van der Waals surface area contributed by atoms with E-state index < -0.39 is 22.7 Å². The minimum atomic E-state index is -0.941. The molecule has 0 saturated carbocycles. The van der Waals surface area contributed by atoms with Gasteiger partial charge in [0, 0.05) is 36.6 Å². The van der Waals surface area contributed by atoms with E-state index in [2.05, 4.69) is 4.98 Å². The smallest absolute Gasteiger partial charge is 0.295 e. The van der Waals surface area contributed by atoms with Crippen molar-refractivity contribution in [1.29, 1.82) is 0 Å². The van der Waals surface area contributed by atoms with Crippen molar-refractivity contribution in [1.82, 2.24) is 9.88 Å². The zero-order valence-corrected chi connectivity index (χ0v) is 18.5. The number of likely N-dealkylation sites (tertiary alicyclic amines) is 1. The number of carbonyl (C=O) groups is 2. The molecule has 1 fully saturated rings. The number of aryl methyl sites for hydroxylation is 1. The first-order valence-electron chi connectivity index (χ1n) is 10.4. The third-order valence-electron chi connectivity index (χ3n) is 5.70. The van der Waals surface area contributed by atoms with Crippen molar-refractivity contribution >= 4 is 23.1 Å². The lowest BCUT2D eigenvalue weighted by molar-refractivity contribution is -0.384. The van der Waals surface area contributed by atoms with Gasteiger partial charge >= 0.3 is 0 Å². The van der Waals surface area contributed by atoms with Gasteiger partial charge in [-0.3, -0.25) is 24.7 Å². The van der Waals surface area contributed by atoms with E-state index >= 15 is 0 Å². The van der Waals surface area contributed by atoms with Crippen LogP contribution in [0.1, 0.15) is 28.3 Å². The Morgan fingerprint density at radius 2 is 1.91 bits per heavy atom. The number of carbonyl (C=O) groups excluding carboxylic acids is 2. The fraction of sp³-hybridized carbons (Fsp3) is 0.160. The van der Waals surface area contributed by atoms with Gasteiger partial charge in [-0.15, -0.1) is 0 Å². The Morgan fingerprint density at radius 3 is 2.50 bits per heavy atom. The molecule has 1 amide bonds. The molecule has 0 spiro atoms. The summed E-state index contributed by atoms with van der Waals surface area (Å²) in [5.74, 6) is -1.33. The van der Waals surface area contributed by atoms with Crippen LogP contribution in [0.25, 0.3) is 5.76 Å². The predicted molar refractivity (Wildman–Crippen MR) is 123 cm³/mol. The predicted octanol–water partition coefficient (Wildman–Crippen LogP) is 3.93. The zero-order chi connectivity index (χ0) is 24.4. The molecule has 34 heavy (non-hydrogen) atoms. The van der Waals surface area contributed by atoms with Crippen molar-refractivity contribution in [3.05, 3.63) is 105 Å². The number of rotatable bonds is 6. The molecule has 4 rings (SSSR count). The second-order valence-corrected chi connectivity index (χ2v) is 7.82. The number of amides is 1. The fourth-order valence-electron chi connectivity index (χ4n) is 4.04. The number of ketones is 1. The molecule has 0 radical (unpaired) electrons. The number of benzene rings is 2. The zero-order valence-electron chi connectivity index (χ0n) is 18.5. The number of nitro groups is 1. The quantitative estimate of drug-likeness (QED) is 0.195. The summed E-state index contributed by atoms with van der Waals surface area (Å²) < 4.78 is 5.26. The van der Waals surface area contributed by atoms with Gasteiger partial charge in [-0.2, -0.15) is 0 Å². The van der Waals surface area contributed by atoms with E-state index in [9.17, 15) is 24.8 Å². The molecule has 1 N–H and O–H groups in total. The summed E-state index contributed by atoms with van der Waals surface area (Å²) in [4.78, 5) is 42.2. The van der Waals surface area contributed by atoms with Gasteiger partial charge in [0.05, 0.1) is 23.6 Å². The van der Waals surface area contributed by atoms with Crippen LogP contribution in [0.2, 0.25) is 0 Å². The maximum atomic E-state index is 13.1. The summed E-state index contributed by atoms with van der Waals surface area (Å²) in [5, 5.41) is 22.3. The van der Waals surface area contributed by atoms with Crippen molar-refractivity contribution < 1.29 is 24.4 Å². The van der Waals surface area contributed by atoms with Crippen molar-refractivity contribution in [3.63, 3.8) is 0 Å². The van der Waals surface area contributed by atoms with Gasteiger partial charge < -0.3 is 14.7 Å². The first kappa shape index (κ1) is 22.7. The molecule has 9 nitrogen and oxygen atoms in total. The van der Waals surface area contributed by atoms with Crippen LogP contribution in [-0.4, -0.2) is 38.7 Å². The number of hydrogen-bond acceptors (Lipinski definition) is 7. The second-order valence-electron chi connectivity index (χ2n) is 7.82. The van der Waals surface area contributed by atoms with Gasteiger partial charge in [0.15, 0.2) is 0 Å². The van der Waals surface area contributed by atoms with E-state index in [4.69, 9.17) is 4.74 Å². The summed E-state index contributed by atoms with van der Waals surface area (Å²) in [6, 6.07) is 13.0. The molecule has 1 aliphatic heterocycles. The van der Waals surface area contributed by atoms with Crippen molar-refractivity contribution in [2.24, 2.45) is 0 Å². The highest BCUT2D eigenvalue weighted by Crippen LogP contribution is 2.41. The van der Waals surface area contributed by atoms with E-state index in [0.717, 1.165) is 5.56 Å². The third-order valence-corrected chi connectivity index (χ3v) is 5.70. The van der Waals surface area contributed by atoms with Crippen molar-refractivity contribution in [2.45, 2.75) is 19.5 Å². The number of Topliss-reactive ketones (excluding diaryl/α,β-unsaturated/α-hetero) is 1. The summed E-state index contributed by atoms with van der Waals surface area (Å²) >= 11 is 0. The van der Waals surface area contributed by atoms with E-state index in [0.29, 0.717) is 22.4 Å². The van der Waals surface area contributed by atoms with Crippen LogP contribution in [0.4, 0.5) is 5.69 Å². The number of nitro benzene ring substituents is 1. The molecule has 0 bridgehead atoms. The first-order valence-corrected chi connectivity index (χ1v) is 10.4. The Balaban J connectivity index is 1.86. The minimum absolute atomic E-state index is 0.0679. The summed E-state index contributed by atoms with van der Waals surface area (Å²) in [6.45, 7) is 1.86. The Bertz CT molecular complexity index is 1300. The van der Waals surface area contributed by atoms with Gasteiger partial charge in [-0.05, 0) is 60.0 Å². The van der Waals surface area contributed by atoms with Crippen LogP contribution in [0.3, 0.4) is 0 Å². The number of aliphatic hydroxyl groups excluding tert-OH is 1. The van der Waals surface area contributed by atoms with E-state index in [1.807, 2.05) is 0 Å². The normalized spacial score (nSPS) is 17.1. The van der Waals surface area contributed by atoms with Crippen LogP contribution < -0.4 is 4.74 Å². The van der Waals surface area contributed by atoms with Crippen LogP contribution in [0, 0.1) is 17.0 Å².